The molecule has 11 aromatic carbocycles. The minimum absolute atomic E-state index is 0.0999. The average molecular weight is 1060 g/mol. The van der Waals surface area contributed by atoms with E-state index in [2.05, 4.69) is 299 Å². The van der Waals surface area contributed by atoms with Gasteiger partial charge in [0.05, 0.1) is 17.1 Å². The molecule has 4 nitrogen and oxygen atoms in total. The van der Waals surface area contributed by atoms with Crippen LogP contribution in [0.15, 0.2) is 215 Å². The van der Waals surface area contributed by atoms with Gasteiger partial charge >= 0.3 is 0 Å². The summed E-state index contributed by atoms with van der Waals surface area (Å²) in [6.45, 7) is 28.5. The van der Waals surface area contributed by atoms with Crippen molar-refractivity contribution in [2.24, 2.45) is 10.8 Å². The van der Waals surface area contributed by atoms with Gasteiger partial charge in [0.1, 0.15) is 11.2 Å². The molecule has 2 aromatic heterocycles. The summed E-state index contributed by atoms with van der Waals surface area (Å²) in [5, 5.41) is 11.9. The fourth-order valence-corrected chi connectivity index (χ4v) is 15.0. The number of fused-ring (bicyclic) bond motifs is 16. The summed E-state index contributed by atoms with van der Waals surface area (Å²) in [6.07, 6.45) is 0. The van der Waals surface area contributed by atoms with Gasteiger partial charge in [0.15, 0.2) is 11.2 Å². The lowest BCUT2D eigenvalue weighted by molar-refractivity contribution is 0.0965. The summed E-state index contributed by atoms with van der Waals surface area (Å²) in [5.41, 5.74) is 16.4. The third-order valence-electron chi connectivity index (χ3n) is 17.9. The van der Waals surface area contributed by atoms with Gasteiger partial charge in [-0.3, -0.25) is 0 Å². The van der Waals surface area contributed by atoms with Crippen LogP contribution in [0.2, 0.25) is 0 Å². The number of benzene rings is 11. The van der Waals surface area contributed by atoms with Crippen LogP contribution in [-0.4, -0.2) is 0 Å². The number of hydrogen-bond acceptors (Lipinski definition) is 4. The third-order valence-corrected chi connectivity index (χ3v) is 17.9. The number of nitrogens with zero attached hydrogens (tertiary/aromatic N) is 2. The normalized spacial score (nSPS) is 13.8. The highest BCUT2D eigenvalue weighted by molar-refractivity contribution is 6.24. The van der Waals surface area contributed by atoms with E-state index in [1.54, 1.807) is 0 Å². The quantitative estimate of drug-likeness (QED) is 0.155. The monoisotopic (exact) mass is 1050 g/mol. The number of anilines is 6. The van der Waals surface area contributed by atoms with Crippen molar-refractivity contribution in [3.8, 4) is 11.1 Å². The highest BCUT2D eigenvalue weighted by atomic mass is 16.3. The molecule has 81 heavy (non-hydrogen) atoms. The Morgan fingerprint density at radius 3 is 1.22 bits per heavy atom. The lowest BCUT2D eigenvalue weighted by Gasteiger charge is -2.53. The van der Waals surface area contributed by atoms with Crippen LogP contribution in [0.1, 0.15) is 105 Å². The second-order valence-electron chi connectivity index (χ2n) is 26.9. The molecule has 0 spiro atoms. The molecule has 1 aliphatic rings. The molecule has 13 aromatic rings. The maximum absolute atomic E-state index is 7.25. The van der Waals surface area contributed by atoms with E-state index in [1.807, 2.05) is 0 Å². The van der Waals surface area contributed by atoms with E-state index in [1.165, 1.54) is 65.7 Å². The summed E-state index contributed by atoms with van der Waals surface area (Å²) in [5.74, 6) is 0. The summed E-state index contributed by atoms with van der Waals surface area (Å²) >= 11 is 0. The Morgan fingerprint density at radius 2 is 0.716 bits per heavy atom. The van der Waals surface area contributed by atoms with Crippen LogP contribution in [0.4, 0.5) is 34.1 Å². The highest BCUT2D eigenvalue weighted by Crippen LogP contribution is 2.69. The van der Waals surface area contributed by atoms with E-state index < -0.39 is 5.41 Å². The van der Waals surface area contributed by atoms with Crippen molar-refractivity contribution in [2.75, 3.05) is 9.80 Å². The van der Waals surface area contributed by atoms with Gasteiger partial charge in [0.25, 0.3) is 0 Å². The summed E-state index contributed by atoms with van der Waals surface area (Å²) in [4.78, 5) is 4.89. The highest BCUT2D eigenvalue weighted by Gasteiger charge is 2.59. The molecule has 0 N–H and O–H groups in total. The van der Waals surface area contributed by atoms with Crippen molar-refractivity contribution in [1.82, 2.24) is 0 Å². The van der Waals surface area contributed by atoms with Crippen molar-refractivity contribution < 1.29 is 8.83 Å². The molecular formula is C77H70N2O2. The molecule has 0 fully saturated rings. The van der Waals surface area contributed by atoms with Crippen molar-refractivity contribution in [3.63, 3.8) is 0 Å². The van der Waals surface area contributed by atoms with Gasteiger partial charge in [-0.2, -0.15) is 0 Å². The molecule has 0 saturated carbocycles. The van der Waals surface area contributed by atoms with E-state index in [4.69, 9.17) is 8.83 Å². The Labute approximate surface area is 476 Å². The first-order valence-corrected chi connectivity index (χ1v) is 28.9. The third kappa shape index (κ3) is 7.34. The molecule has 0 atom stereocenters. The number of para-hydroxylation sites is 6. The number of hydrogen-bond donors (Lipinski definition) is 0. The zero-order valence-electron chi connectivity index (χ0n) is 48.8. The van der Waals surface area contributed by atoms with Crippen molar-refractivity contribution in [1.29, 1.82) is 0 Å². The molecule has 4 heteroatoms. The largest absolute Gasteiger partial charge is 0.454 e. The van der Waals surface area contributed by atoms with Crippen LogP contribution in [0.5, 0.6) is 0 Å². The van der Waals surface area contributed by atoms with Crippen molar-refractivity contribution in [3.05, 3.63) is 229 Å². The molecule has 0 unspecified atom stereocenters. The second kappa shape index (κ2) is 17.7. The molecule has 1 aliphatic carbocycles. The number of rotatable bonds is 6. The van der Waals surface area contributed by atoms with Crippen LogP contribution in [0.25, 0.3) is 87.3 Å². The fraction of sp³-hybridized carbons (Fsp3) is 0.221. The molecule has 2 heterocycles. The fourth-order valence-electron chi connectivity index (χ4n) is 15.0. The lowest BCUT2D eigenvalue weighted by Crippen LogP contribution is -2.50. The SMILES string of the molecule is CC(C)(C)c1cccc2c1oc1c(N(c3ccccc3)c3ccc4c5c(c6ccccc6c4c3)-c3c(cc(N(c4ccccc4)c4cccc6c4oc4c(C(C)(C)C)cccc46)c4ccccc34)C5(C(C)(C)C)C(C)(C)C)cccc12. The molecule has 0 aliphatic heterocycles. The van der Waals surface area contributed by atoms with Crippen LogP contribution in [0, 0.1) is 10.8 Å². The van der Waals surface area contributed by atoms with Gasteiger partial charge in [-0.15, -0.1) is 0 Å². The predicted octanol–water partition coefficient (Wildman–Crippen LogP) is 22.8. The first-order chi connectivity index (χ1) is 38.8. The van der Waals surface area contributed by atoms with Gasteiger partial charge in [-0.05, 0) is 125 Å². The molecule has 400 valence electrons. The summed E-state index contributed by atoms with van der Waals surface area (Å²) in [7, 11) is 0. The van der Waals surface area contributed by atoms with Gasteiger partial charge in [-0.1, -0.05) is 235 Å². The Balaban J connectivity index is 1.07. The van der Waals surface area contributed by atoms with Crippen LogP contribution in [0.3, 0.4) is 0 Å². The van der Waals surface area contributed by atoms with Crippen molar-refractivity contribution >= 4 is 110 Å². The maximum atomic E-state index is 7.25. The second-order valence-corrected chi connectivity index (χ2v) is 26.9. The number of furan rings is 2. The zero-order valence-corrected chi connectivity index (χ0v) is 48.8. The smallest absolute Gasteiger partial charge is 0.159 e. The summed E-state index contributed by atoms with van der Waals surface area (Å²) in [6, 6.07) is 76.5. The van der Waals surface area contributed by atoms with E-state index in [9.17, 15) is 0 Å². The lowest BCUT2D eigenvalue weighted by atomic mass is 9.49. The minimum Gasteiger partial charge on any atom is -0.454 e. The molecule has 0 saturated heterocycles. The molecule has 0 amide bonds. The minimum atomic E-state index is -0.521. The first kappa shape index (κ1) is 50.6. The van der Waals surface area contributed by atoms with Crippen molar-refractivity contribution in [2.45, 2.75) is 99.3 Å². The van der Waals surface area contributed by atoms with E-state index in [0.717, 1.165) is 78.0 Å². The molecule has 0 radical (unpaired) electrons. The summed E-state index contributed by atoms with van der Waals surface area (Å²) < 4.78 is 14.4. The standard InChI is InChI=1S/C77H70N2O2/c1-73(2,3)60-39-23-35-55-57-37-25-41-63(71(57)80-69(55)60)78(47-27-15-13-16-28-47)49-43-44-54-59(45-49)50-31-19-21-33-52(50)67-66-53-34-22-20-32-51(53)65(46-62(66)77(68(54)67,75(7,8)9)76(10,11)12)79(48-29-17-14-18-30-48)64-42-26-38-58-56-36-24-40-61(74(4,5)6)70(56)81-72(58)64/h13-46H,1-12H3. The van der Waals surface area contributed by atoms with Gasteiger partial charge in [0, 0.05) is 60.5 Å². The maximum Gasteiger partial charge on any atom is 0.159 e. The molecular weight excluding hydrogens is 985 g/mol. The van der Waals surface area contributed by atoms with Crippen LogP contribution in [-0.2, 0) is 16.2 Å². The van der Waals surface area contributed by atoms with Gasteiger partial charge < -0.3 is 18.6 Å². The van der Waals surface area contributed by atoms with Crippen LogP contribution < -0.4 is 9.80 Å². The van der Waals surface area contributed by atoms with Gasteiger partial charge in [-0.25, -0.2) is 0 Å². The Morgan fingerprint density at radius 1 is 0.296 bits per heavy atom. The Bertz CT molecular complexity index is 4670. The topological polar surface area (TPSA) is 32.8 Å². The zero-order chi connectivity index (χ0) is 56.1. The first-order valence-electron chi connectivity index (χ1n) is 28.9. The van der Waals surface area contributed by atoms with Crippen LogP contribution >= 0.6 is 0 Å². The Hall–Kier alpha value is -8.60. The van der Waals surface area contributed by atoms with E-state index in [-0.39, 0.29) is 21.7 Å². The molecule has 0 bridgehead atoms. The van der Waals surface area contributed by atoms with E-state index >= 15 is 0 Å². The average Bonchev–Trinajstić information content (AvgIpc) is 4.33. The Kier molecular flexibility index (Phi) is 11.1. The predicted molar refractivity (Wildman–Crippen MR) is 345 cm³/mol. The van der Waals surface area contributed by atoms with Gasteiger partial charge in [0.2, 0.25) is 0 Å². The van der Waals surface area contributed by atoms with E-state index in [0.29, 0.717) is 0 Å². The molecule has 14 rings (SSSR count).